The van der Waals surface area contributed by atoms with E-state index >= 15 is 0 Å². The summed E-state index contributed by atoms with van der Waals surface area (Å²) in [6, 6.07) is 14.1. The molecule has 0 aliphatic rings. The van der Waals surface area contributed by atoms with E-state index in [0.717, 1.165) is 16.3 Å². The van der Waals surface area contributed by atoms with Crippen molar-refractivity contribution in [2.75, 3.05) is 6.54 Å². The second kappa shape index (κ2) is 5.65. The molecule has 2 rings (SSSR count). The molecule has 0 saturated carbocycles. The lowest BCUT2D eigenvalue weighted by molar-refractivity contribution is -0.120. The fourth-order valence-corrected chi connectivity index (χ4v) is 2.00. The number of carbonyl (C=O) groups excluding carboxylic acids is 1. The molecule has 0 radical (unpaired) electrons. The van der Waals surface area contributed by atoms with Gasteiger partial charge in [0.05, 0.1) is 6.42 Å². The summed E-state index contributed by atoms with van der Waals surface area (Å²) in [7, 11) is 0. The summed E-state index contributed by atoms with van der Waals surface area (Å²) in [4.78, 5) is 11.9. The highest BCUT2D eigenvalue weighted by Gasteiger charge is 2.08. The molecule has 0 aliphatic heterocycles. The highest BCUT2D eigenvalue weighted by Crippen LogP contribution is 2.18. The summed E-state index contributed by atoms with van der Waals surface area (Å²) in [5.74, 6) is 0.0179. The Balaban J connectivity index is 2.19. The van der Waals surface area contributed by atoms with E-state index in [1.54, 1.807) is 0 Å². The van der Waals surface area contributed by atoms with Crippen LogP contribution in [0.25, 0.3) is 10.8 Å². The largest absolute Gasteiger partial charge is 0.352 e. The van der Waals surface area contributed by atoms with Crippen LogP contribution in [0.3, 0.4) is 0 Å². The number of hydrogen-bond donors (Lipinski definition) is 2. The quantitative estimate of drug-likeness (QED) is 0.859. The number of nitrogens with two attached hydrogens (primary N) is 1. The van der Waals surface area contributed by atoms with Gasteiger partial charge in [0.1, 0.15) is 0 Å². The van der Waals surface area contributed by atoms with E-state index in [4.69, 9.17) is 5.73 Å². The number of fused-ring (bicyclic) bond motifs is 1. The van der Waals surface area contributed by atoms with Gasteiger partial charge in [-0.1, -0.05) is 42.5 Å². The number of rotatable bonds is 4. The van der Waals surface area contributed by atoms with Gasteiger partial charge in [0.2, 0.25) is 5.91 Å². The minimum Gasteiger partial charge on any atom is -0.352 e. The van der Waals surface area contributed by atoms with Gasteiger partial charge in [-0.05, 0) is 23.3 Å². The molecule has 0 unspecified atom stereocenters. The molecular weight excluding hydrogens is 224 g/mol. The van der Waals surface area contributed by atoms with Gasteiger partial charge in [-0.2, -0.15) is 0 Å². The monoisotopic (exact) mass is 242 g/mol. The first kappa shape index (κ1) is 12.6. The number of nitrogens with one attached hydrogen (secondary N) is 1. The Morgan fingerprint density at radius 3 is 2.72 bits per heavy atom. The molecule has 0 aromatic heterocycles. The zero-order valence-electron chi connectivity index (χ0n) is 10.5. The number of benzene rings is 2. The molecule has 0 saturated heterocycles. The fourth-order valence-electron chi connectivity index (χ4n) is 2.00. The smallest absolute Gasteiger partial charge is 0.224 e. The van der Waals surface area contributed by atoms with Crippen LogP contribution >= 0.6 is 0 Å². The summed E-state index contributed by atoms with van der Waals surface area (Å²) in [5, 5.41) is 5.18. The average Bonchev–Trinajstić information content (AvgIpc) is 2.39. The van der Waals surface area contributed by atoms with Crippen LogP contribution in [0.1, 0.15) is 12.5 Å². The van der Waals surface area contributed by atoms with Gasteiger partial charge >= 0.3 is 0 Å². The maximum Gasteiger partial charge on any atom is 0.224 e. The Morgan fingerprint density at radius 2 is 1.94 bits per heavy atom. The molecule has 0 bridgehead atoms. The predicted molar refractivity (Wildman–Crippen MR) is 74.3 cm³/mol. The maximum atomic E-state index is 11.9. The third kappa shape index (κ3) is 2.87. The Labute approximate surface area is 107 Å². The van der Waals surface area contributed by atoms with Crippen LogP contribution in [0.4, 0.5) is 0 Å². The van der Waals surface area contributed by atoms with E-state index in [2.05, 4.69) is 17.4 Å². The number of amides is 1. The Bertz CT molecular complexity index is 546. The summed E-state index contributed by atoms with van der Waals surface area (Å²) < 4.78 is 0. The first-order valence-electron chi connectivity index (χ1n) is 6.17. The van der Waals surface area contributed by atoms with Crippen molar-refractivity contribution in [3.8, 4) is 0 Å². The summed E-state index contributed by atoms with van der Waals surface area (Å²) in [6.07, 6.45) is 0.395. The Kier molecular flexibility index (Phi) is 3.95. The molecule has 0 heterocycles. The number of carbonyl (C=O) groups is 1. The predicted octanol–water partition coefficient (Wildman–Crippen LogP) is 1.85. The lowest BCUT2D eigenvalue weighted by Crippen LogP contribution is -2.38. The zero-order valence-corrected chi connectivity index (χ0v) is 10.5. The second-order valence-corrected chi connectivity index (χ2v) is 4.52. The normalized spacial score (nSPS) is 12.3. The van der Waals surface area contributed by atoms with E-state index in [0.29, 0.717) is 13.0 Å². The van der Waals surface area contributed by atoms with Gasteiger partial charge in [-0.3, -0.25) is 4.79 Å². The van der Waals surface area contributed by atoms with Gasteiger partial charge in [0.15, 0.2) is 0 Å². The SMILES string of the molecule is C[C@H](CN)NC(=O)Cc1cccc2ccccc12. The van der Waals surface area contributed by atoms with Crippen molar-refractivity contribution in [1.82, 2.24) is 5.32 Å². The number of hydrogen-bond acceptors (Lipinski definition) is 2. The van der Waals surface area contributed by atoms with Gasteiger partial charge in [0, 0.05) is 12.6 Å². The lowest BCUT2D eigenvalue weighted by Gasteiger charge is -2.12. The van der Waals surface area contributed by atoms with Crippen LogP contribution in [-0.2, 0) is 11.2 Å². The molecule has 0 spiro atoms. The Hall–Kier alpha value is -1.87. The Morgan fingerprint density at radius 1 is 1.22 bits per heavy atom. The highest BCUT2D eigenvalue weighted by atomic mass is 16.1. The third-order valence-corrected chi connectivity index (χ3v) is 2.99. The average molecular weight is 242 g/mol. The molecule has 0 aliphatic carbocycles. The first-order valence-corrected chi connectivity index (χ1v) is 6.17. The molecule has 3 heteroatoms. The molecule has 1 atom stereocenters. The van der Waals surface area contributed by atoms with Crippen molar-refractivity contribution >= 4 is 16.7 Å². The van der Waals surface area contributed by atoms with Crippen molar-refractivity contribution in [1.29, 1.82) is 0 Å². The lowest BCUT2D eigenvalue weighted by atomic mass is 10.0. The molecule has 18 heavy (non-hydrogen) atoms. The maximum absolute atomic E-state index is 11.9. The van der Waals surface area contributed by atoms with Gasteiger partial charge in [-0.15, -0.1) is 0 Å². The van der Waals surface area contributed by atoms with Crippen LogP contribution in [0.5, 0.6) is 0 Å². The van der Waals surface area contributed by atoms with Crippen LogP contribution in [0.2, 0.25) is 0 Å². The van der Waals surface area contributed by atoms with Gasteiger partial charge < -0.3 is 11.1 Å². The van der Waals surface area contributed by atoms with Crippen molar-refractivity contribution in [2.45, 2.75) is 19.4 Å². The summed E-state index contributed by atoms with van der Waals surface area (Å²) in [5.41, 5.74) is 6.54. The van der Waals surface area contributed by atoms with Crippen LogP contribution < -0.4 is 11.1 Å². The molecule has 0 fully saturated rings. The van der Waals surface area contributed by atoms with E-state index in [9.17, 15) is 4.79 Å². The molecule has 2 aromatic carbocycles. The summed E-state index contributed by atoms with van der Waals surface area (Å²) >= 11 is 0. The van der Waals surface area contributed by atoms with E-state index < -0.39 is 0 Å². The summed E-state index contributed by atoms with van der Waals surface area (Å²) in [6.45, 7) is 2.36. The molecule has 1 amide bonds. The van der Waals surface area contributed by atoms with Crippen molar-refractivity contribution in [2.24, 2.45) is 5.73 Å². The van der Waals surface area contributed by atoms with Crippen LogP contribution in [-0.4, -0.2) is 18.5 Å². The van der Waals surface area contributed by atoms with Crippen molar-refractivity contribution in [3.05, 3.63) is 48.0 Å². The standard InChI is InChI=1S/C15H18N2O/c1-11(10-16)17-15(18)9-13-7-4-6-12-5-2-3-8-14(12)13/h2-8,11H,9-10,16H2,1H3,(H,17,18)/t11-/m1/s1. The highest BCUT2D eigenvalue weighted by molar-refractivity contribution is 5.90. The van der Waals surface area contributed by atoms with E-state index in [1.165, 1.54) is 0 Å². The zero-order chi connectivity index (χ0) is 13.0. The van der Waals surface area contributed by atoms with Crippen LogP contribution in [0, 0.1) is 0 Å². The first-order chi connectivity index (χ1) is 8.70. The van der Waals surface area contributed by atoms with Crippen molar-refractivity contribution < 1.29 is 4.79 Å². The molecular formula is C15H18N2O. The van der Waals surface area contributed by atoms with E-state index in [-0.39, 0.29) is 11.9 Å². The van der Waals surface area contributed by atoms with E-state index in [1.807, 2.05) is 37.3 Å². The topological polar surface area (TPSA) is 55.1 Å². The van der Waals surface area contributed by atoms with Crippen LogP contribution in [0.15, 0.2) is 42.5 Å². The molecule has 3 N–H and O–H groups in total. The third-order valence-electron chi connectivity index (χ3n) is 2.99. The van der Waals surface area contributed by atoms with Crippen molar-refractivity contribution in [3.63, 3.8) is 0 Å². The van der Waals surface area contributed by atoms with Gasteiger partial charge in [0.25, 0.3) is 0 Å². The minimum atomic E-state index is 0.0179. The molecule has 2 aromatic rings. The second-order valence-electron chi connectivity index (χ2n) is 4.52. The minimum absolute atomic E-state index is 0.0179. The molecule has 3 nitrogen and oxygen atoms in total. The van der Waals surface area contributed by atoms with Gasteiger partial charge in [-0.25, -0.2) is 0 Å². The molecule has 94 valence electrons. The fraction of sp³-hybridized carbons (Fsp3) is 0.267.